The van der Waals surface area contributed by atoms with Gasteiger partial charge in [-0.1, -0.05) is 12.1 Å². The second kappa shape index (κ2) is 7.21. The molecule has 2 rings (SSSR count). The van der Waals surface area contributed by atoms with Crippen molar-refractivity contribution in [3.8, 4) is 0 Å². The summed E-state index contributed by atoms with van der Waals surface area (Å²) >= 11 is 0. The smallest absolute Gasteiger partial charge is 0.417 e. The maximum Gasteiger partial charge on any atom is 0.417 e. The fourth-order valence-electron chi connectivity index (χ4n) is 2.14. The number of carbonyl (C=O) groups is 2. The van der Waals surface area contributed by atoms with E-state index in [2.05, 4.69) is 0 Å². The third-order valence-corrected chi connectivity index (χ3v) is 3.38. The number of alkyl halides is 3. The highest BCUT2D eigenvalue weighted by molar-refractivity contribution is 5.93. The molecule has 0 aliphatic heterocycles. The molecule has 0 unspecified atom stereocenters. The summed E-state index contributed by atoms with van der Waals surface area (Å²) in [5.74, 6) is -2.18. The zero-order valence-corrected chi connectivity index (χ0v) is 12.9. The summed E-state index contributed by atoms with van der Waals surface area (Å²) in [7, 11) is 0. The Labute approximate surface area is 144 Å². The zero-order chi connectivity index (χ0) is 19.5. The Morgan fingerprint density at radius 1 is 1.15 bits per heavy atom. The fraction of sp³-hybridized carbons (Fsp3) is 0.125. The van der Waals surface area contributed by atoms with Gasteiger partial charge >= 0.3 is 12.1 Å². The molecule has 0 spiro atoms. The third kappa shape index (κ3) is 4.15. The lowest BCUT2D eigenvalue weighted by Crippen LogP contribution is -2.15. The number of primary amides is 1. The molecule has 0 aromatic heterocycles. The number of carbonyl (C=O) groups excluding carboxylic acids is 2. The number of nitrogens with two attached hydrogens (primary N) is 1. The highest BCUT2D eigenvalue weighted by Gasteiger charge is 2.35. The van der Waals surface area contributed by atoms with Crippen molar-refractivity contribution in [2.75, 3.05) is 0 Å². The van der Waals surface area contributed by atoms with Crippen LogP contribution >= 0.6 is 0 Å². The molecule has 7 nitrogen and oxygen atoms in total. The number of rotatable bonds is 5. The first-order valence-electron chi connectivity index (χ1n) is 7.01. The number of benzene rings is 2. The van der Waals surface area contributed by atoms with E-state index in [1.54, 1.807) is 0 Å². The Morgan fingerprint density at radius 2 is 1.81 bits per heavy atom. The molecular weight excluding hydrogens is 357 g/mol. The van der Waals surface area contributed by atoms with E-state index in [4.69, 9.17) is 10.5 Å². The topological polar surface area (TPSA) is 113 Å². The van der Waals surface area contributed by atoms with Gasteiger partial charge in [0.15, 0.2) is 0 Å². The summed E-state index contributed by atoms with van der Waals surface area (Å²) in [6.07, 6.45) is -4.76. The number of esters is 1. The molecule has 0 aliphatic rings. The third-order valence-electron chi connectivity index (χ3n) is 3.38. The minimum absolute atomic E-state index is 0.0992. The molecule has 2 aromatic rings. The van der Waals surface area contributed by atoms with Gasteiger partial charge < -0.3 is 10.5 Å². The van der Waals surface area contributed by atoms with Crippen LogP contribution in [0.25, 0.3) is 0 Å². The predicted octanol–water partition coefficient (Wildman–Crippen LogP) is 3.07. The maximum atomic E-state index is 12.9. The molecule has 2 N–H and O–H groups in total. The Kier molecular flexibility index (Phi) is 5.24. The van der Waals surface area contributed by atoms with E-state index in [9.17, 15) is 32.9 Å². The molecule has 1 amide bonds. The van der Waals surface area contributed by atoms with Crippen molar-refractivity contribution in [1.82, 2.24) is 0 Å². The van der Waals surface area contributed by atoms with Crippen LogP contribution in [0, 0.1) is 10.1 Å². The van der Waals surface area contributed by atoms with Gasteiger partial charge in [-0.25, -0.2) is 4.79 Å². The molecule has 0 saturated carbocycles. The van der Waals surface area contributed by atoms with Crippen molar-refractivity contribution in [2.24, 2.45) is 5.73 Å². The van der Waals surface area contributed by atoms with Crippen LogP contribution < -0.4 is 5.73 Å². The van der Waals surface area contributed by atoms with Crippen molar-refractivity contribution in [3.63, 3.8) is 0 Å². The Morgan fingerprint density at radius 3 is 2.38 bits per heavy atom. The van der Waals surface area contributed by atoms with Gasteiger partial charge in [-0.15, -0.1) is 0 Å². The molecule has 0 heterocycles. The average molecular weight is 368 g/mol. The van der Waals surface area contributed by atoms with E-state index < -0.39 is 46.4 Å². The van der Waals surface area contributed by atoms with Gasteiger partial charge in [-0.05, 0) is 24.3 Å². The highest BCUT2D eigenvalue weighted by Crippen LogP contribution is 2.32. The minimum Gasteiger partial charge on any atom is -0.457 e. The van der Waals surface area contributed by atoms with Crippen LogP contribution in [-0.4, -0.2) is 16.8 Å². The summed E-state index contributed by atoms with van der Waals surface area (Å²) in [5, 5.41) is 11.1. The Balaban J connectivity index is 2.26. The normalized spacial score (nSPS) is 11.0. The summed E-state index contributed by atoms with van der Waals surface area (Å²) < 4.78 is 43.5. The second-order valence-corrected chi connectivity index (χ2v) is 5.08. The van der Waals surface area contributed by atoms with Gasteiger partial charge in [0.25, 0.3) is 5.69 Å². The van der Waals surface area contributed by atoms with Gasteiger partial charge in [0.1, 0.15) is 6.61 Å². The molecule has 0 fully saturated rings. The van der Waals surface area contributed by atoms with Crippen molar-refractivity contribution < 1.29 is 32.4 Å². The number of hydrogen-bond donors (Lipinski definition) is 1. The van der Waals surface area contributed by atoms with Crippen LogP contribution in [0.15, 0.2) is 42.5 Å². The highest BCUT2D eigenvalue weighted by atomic mass is 19.4. The summed E-state index contributed by atoms with van der Waals surface area (Å²) in [4.78, 5) is 33.3. The second-order valence-electron chi connectivity index (χ2n) is 5.08. The number of amides is 1. The van der Waals surface area contributed by atoms with E-state index in [0.29, 0.717) is 0 Å². The van der Waals surface area contributed by atoms with E-state index in [0.717, 1.165) is 30.3 Å². The number of nitro benzene ring substituents is 1. The standard InChI is InChI=1S/C16H11F3N2O5/c17-16(18,19)12-4-2-1-3-11(12)15(23)26-8-10-6-5-9(14(20)22)7-13(10)21(24)25/h1-7H,8H2,(H2,20,22). The van der Waals surface area contributed by atoms with Crippen LogP contribution in [0.5, 0.6) is 0 Å². The average Bonchev–Trinajstić information content (AvgIpc) is 2.58. The quantitative estimate of drug-likeness (QED) is 0.495. The Hall–Kier alpha value is -3.43. The summed E-state index contributed by atoms with van der Waals surface area (Å²) in [6, 6.07) is 7.23. The van der Waals surface area contributed by atoms with E-state index >= 15 is 0 Å². The maximum absolute atomic E-state index is 12.9. The van der Waals surface area contributed by atoms with Gasteiger partial charge in [0, 0.05) is 11.6 Å². The van der Waals surface area contributed by atoms with Crippen LogP contribution in [0.3, 0.4) is 0 Å². The van der Waals surface area contributed by atoms with Crippen LogP contribution in [0.1, 0.15) is 31.8 Å². The van der Waals surface area contributed by atoms with Crippen LogP contribution in [0.4, 0.5) is 18.9 Å². The largest absolute Gasteiger partial charge is 0.457 e. The zero-order valence-electron chi connectivity index (χ0n) is 12.9. The van der Waals surface area contributed by atoms with Crippen molar-refractivity contribution in [3.05, 3.63) is 74.8 Å². The van der Waals surface area contributed by atoms with Crippen molar-refractivity contribution >= 4 is 17.6 Å². The number of ether oxygens (including phenoxy) is 1. The van der Waals surface area contributed by atoms with E-state index in [1.807, 2.05) is 0 Å². The number of nitro groups is 1. The molecule has 0 saturated heterocycles. The predicted molar refractivity (Wildman–Crippen MR) is 82.2 cm³/mol. The Bertz CT molecular complexity index is 880. The van der Waals surface area contributed by atoms with E-state index in [-0.39, 0.29) is 11.1 Å². The molecule has 2 aromatic carbocycles. The van der Waals surface area contributed by atoms with Crippen molar-refractivity contribution in [1.29, 1.82) is 0 Å². The van der Waals surface area contributed by atoms with Gasteiger partial charge in [-0.3, -0.25) is 14.9 Å². The monoisotopic (exact) mass is 368 g/mol. The lowest BCUT2D eigenvalue weighted by Gasteiger charge is -2.12. The first-order valence-corrected chi connectivity index (χ1v) is 7.01. The molecule has 26 heavy (non-hydrogen) atoms. The SMILES string of the molecule is NC(=O)c1ccc(COC(=O)c2ccccc2C(F)(F)F)c([N+](=O)[O-])c1. The van der Waals surface area contributed by atoms with E-state index in [1.165, 1.54) is 12.1 Å². The number of halogens is 3. The number of hydrogen-bond acceptors (Lipinski definition) is 5. The van der Waals surface area contributed by atoms with Gasteiger partial charge in [-0.2, -0.15) is 13.2 Å². The van der Waals surface area contributed by atoms with Crippen LogP contribution in [-0.2, 0) is 17.5 Å². The number of nitrogens with zero attached hydrogens (tertiary/aromatic N) is 1. The van der Waals surface area contributed by atoms with Gasteiger partial charge in [0.2, 0.25) is 5.91 Å². The molecule has 0 atom stereocenters. The van der Waals surface area contributed by atoms with Crippen LogP contribution in [0.2, 0.25) is 0 Å². The first kappa shape index (κ1) is 18.9. The summed E-state index contributed by atoms with van der Waals surface area (Å²) in [5.41, 5.74) is 2.37. The lowest BCUT2D eigenvalue weighted by atomic mass is 10.1. The molecule has 10 heteroatoms. The van der Waals surface area contributed by atoms with Crippen molar-refractivity contribution in [2.45, 2.75) is 12.8 Å². The van der Waals surface area contributed by atoms with Gasteiger partial charge in [0.05, 0.1) is 21.6 Å². The molecular formula is C16H11F3N2O5. The molecule has 0 aliphatic carbocycles. The first-order chi connectivity index (χ1) is 12.1. The summed E-state index contributed by atoms with van der Waals surface area (Å²) in [6.45, 7) is -0.652. The molecule has 0 radical (unpaired) electrons. The lowest BCUT2D eigenvalue weighted by molar-refractivity contribution is -0.385. The minimum atomic E-state index is -4.76. The molecule has 136 valence electrons. The fourth-order valence-corrected chi connectivity index (χ4v) is 2.14. The molecule has 0 bridgehead atoms.